The van der Waals surface area contributed by atoms with Crippen molar-refractivity contribution in [2.75, 3.05) is 33.9 Å². The van der Waals surface area contributed by atoms with Gasteiger partial charge in [-0.3, -0.25) is 14.4 Å². The Kier molecular flexibility index (Phi) is 38.4. The van der Waals surface area contributed by atoms with E-state index in [1.54, 1.807) is 0 Å². The van der Waals surface area contributed by atoms with Crippen LogP contribution in [0.5, 0.6) is 0 Å². The lowest BCUT2D eigenvalue weighted by Gasteiger charge is -2.18. The van der Waals surface area contributed by atoms with Crippen LogP contribution in [-0.4, -0.2) is 62.8 Å². The van der Waals surface area contributed by atoms with Crippen LogP contribution in [0.3, 0.4) is 0 Å². The molecule has 0 rings (SSSR count). The molecule has 1 atom stereocenters. The fourth-order valence-electron chi connectivity index (χ4n) is 6.10. The summed E-state index contributed by atoms with van der Waals surface area (Å²) in [5.41, 5.74) is 0. The lowest BCUT2D eigenvalue weighted by molar-refractivity contribution is -0.167. The monoisotopic (exact) mass is 734 g/mol. The molecule has 0 saturated carbocycles. The van der Waals surface area contributed by atoms with Crippen molar-refractivity contribution in [1.29, 1.82) is 0 Å². The SMILES string of the molecule is CCCCCCCC/C=C\CCCCCCCC(=O)OCC(COC(=O)CCCN(C)C)OC(=O)CCCCCCC/C=C\CCCCCCCC. The number of unbranched alkanes of at least 4 members (excludes halogenated alkanes) is 22. The van der Waals surface area contributed by atoms with E-state index in [1.165, 1.54) is 109 Å². The van der Waals surface area contributed by atoms with Gasteiger partial charge < -0.3 is 19.1 Å². The predicted octanol–water partition coefficient (Wildman–Crippen LogP) is 12.4. The zero-order chi connectivity index (χ0) is 38.2. The largest absolute Gasteiger partial charge is 0.462 e. The highest BCUT2D eigenvalue weighted by atomic mass is 16.6. The van der Waals surface area contributed by atoms with E-state index >= 15 is 0 Å². The van der Waals surface area contributed by atoms with Crippen molar-refractivity contribution in [2.45, 2.75) is 213 Å². The number of carbonyl (C=O) groups is 3. The number of hydrogen-bond donors (Lipinski definition) is 0. The van der Waals surface area contributed by atoms with Crippen molar-refractivity contribution in [3.05, 3.63) is 24.3 Å². The van der Waals surface area contributed by atoms with Gasteiger partial charge in [-0.05, 0) is 91.3 Å². The Morgan fingerprint density at radius 3 is 1.15 bits per heavy atom. The van der Waals surface area contributed by atoms with Gasteiger partial charge in [-0.25, -0.2) is 0 Å². The summed E-state index contributed by atoms with van der Waals surface area (Å²) in [7, 11) is 3.92. The van der Waals surface area contributed by atoms with Gasteiger partial charge in [-0.15, -0.1) is 0 Å². The molecule has 0 bridgehead atoms. The maximum Gasteiger partial charge on any atom is 0.306 e. The molecule has 52 heavy (non-hydrogen) atoms. The van der Waals surface area contributed by atoms with E-state index in [-0.39, 0.29) is 31.1 Å². The summed E-state index contributed by atoms with van der Waals surface area (Å²) >= 11 is 0. The summed E-state index contributed by atoms with van der Waals surface area (Å²) in [5.74, 6) is -0.965. The number of carbonyl (C=O) groups excluding carboxylic acids is 3. The number of rotatable bonds is 39. The third kappa shape index (κ3) is 39.1. The maximum absolute atomic E-state index is 12.6. The smallest absolute Gasteiger partial charge is 0.306 e. The molecule has 1 unspecified atom stereocenters. The van der Waals surface area contributed by atoms with Gasteiger partial charge in [0.15, 0.2) is 6.10 Å². The molecule has 0 aliphatic carbocycles. The molecule has 7 heteroatoms. The Labute approximate surface area is 321 Å². The van der Waals surface area contributed by atoms with Crippen LogP contribution in [0.4, 0.5) is 0 Å². The number of esters is 3. The molecule has 0 aliphatic heterocycles. The normalized spacial score (nSPS) is 12.2. The molecule has 0 amide bonds. The van der Waals surface area contributed by atoms with Crippen LogP contribution >= 0.6 is 0 Å². The molecule has 0 aromatic rings. The molecule has 0 radical (unpaired) electrons. The first-order valence-electron chi connectivity index (χ1n) is 21.8. The second-order valence-corrected chi connectivity index (χ2v) is 15.1. The molecule has 7 nitrogen and oxygen atoms in total. The number of ether oxygens (including phenoxy) is 3. The van der Waals surface area contributed by atoms with E-state index in [2.05, 4.69) is 38.2 Å². The van der Waals surface area contributed by atoms with Crippen molar-refractivity contribution in [3.8, 4) is 0 Å². The Bertz CT molecular complexity index is 870. The van der Waals surface area contributed by atoms with E-state index in [0.29, 0.717) is 25.7 Å². The minimum atomic E-state index is -0.786. The van der Waals surface area contributed by atoms with Crippen molar-refractivity contribution in [1.82, 2.24) is 4.90 Å². The quantitative estimate of drug-likeness (QED) is 0.0269. The second kappa shape index (κ2) is 40.0. The van der Waals surface area contributed by atoms with Crippen LogP contribution in [0.15, 0.2) is 24.3 Å². The Balaban J connectivity index is 4.21. The lowest BCUT2D eigenvalue weighted by atomic mass is 10.1. The van der Waals surface area contributed by atoms with Gasteiger partial charge in [0.25, 0.3) is 0 Å². The minimum Gasteiger partial charge on any atom is -0.462 e. The highest BCUT2D eigenvalue weighted by Gasteiger charge is 2.19. The van der Waals surface area contributed by atoms with Crippen LogP contribution in [0.25, 0.3) is 0 Å². The number of nitrogens with zero attached hydrogens (tertiary/aromatic N) is 1. The Morgan fingerprint density at radius 2 is 0.769 bits per heavy atom. The fourth-order valence-corrected chi connectivity index (χ4v) is 6.10. The van der Waals surface area contributed by atoms with Crippen LogP contribution in [-0.2, 0) is 28.6 Å². The summed E-state index contributed by atoms with van der Waals surface area (Å²) in [6.45, 7) is 5.12. The summed E-state index contributed by atoms with van der Waals surface area (Å²) in [6.07, 6.45) is 41.4. The van der Waals surface area contributed by atoms with Crippen LogP contribution in [0.2, 0.25) is 0 Å². The molecule has 0 N–H and O–H groups in total. The van der Waals surface area contributed by atoms with Crippen molar-refractivity contribution in [3.63, 3.8) is 0 Å². The first-order valence-corrected chi connectivity index (χ1v) is 21.8. The third-order valence-electron chi connectivity index (χ3n) is 9.43. The topological polar surface area (TPSA) is 82.1 Å². The van der Waals surface area contributed by atoms with Gasteiger partial charge in [-0.1, -0.05) is 141 Å². The van der Waals surface area contributed by atoms with E-state index in [4.69, 9.17) is 14.2 Å². The summed E-state index contributed by atoms with van der Waals surface area (Å²) < 4.78 is 16.5. The average Bonchev–Trinajstić information content (AvgIpc) is 3.12. The number of allylic oxidation sites excluding steroid dienone is 4. The molecule has 0 fully saturated rings. The molecule has 0 spiro atoms. The first-order chi connectivity index (χ1) is 25.4. The summed E-state index contributed by atoms with van der Waals surface area (Å²) in [4.78, 5) is 39.4. The maximum atomic E-state index is 12.6. The highest BCUT2D eigenvalue weighted by Crippen LogP contribution is 2.13. The Hall–Kier alpha value is -2.15. The van der Waals surface area contributed by atoms with Crippen molar-refractivity contribution >= 4 is 17.9 Å². The van der Waals surface area contributed by atoms with E-state index in [1.807, 2.05) is 19.0 Å². The lowest BCUT2D eigenvalue weighted by Crippen LogP contribution is -2.31. The third-order valence-corrected chi connectivity index (χ3v) is 9.43. The van der Waals surface area contributed by atoms with Gasteiger partial charge in [0.1, 0.15) is 13.2 Å². The van der Waals surface area contributed by atoms with E-state index in [0.717, 1.165) is 64.3 Å². The summed E-state index contributed by atoms with van der Waals surface area (Å²) in [6, 6.07) is 0. The molecule has 304 valence electrons. The standard InChI is InChI=1S/C45H83NO6/c1-5-7-9-11-13-15-17-19-21-23-25-27-29-31-33-36-43(47)50-40-42(41-51-44(48)38-35-39-46(3)4)52-45(49)37-34-32-30-28-26-24-22-20-18-16-14-12-10-8-6-2/h19-22,42H,5-18,23-41H2,1-4H3/b21-19-,22-20-. The molecule has 0 aromatic heterocycles. The zero-order valence-electron chi connectivity index (χ0n) is 34.6. The first kappa shape index (κ1) is 49.9. The molecule has 0 aromatic carbocycles. The molecule has 0 aliphatic rings. The van der Waals surface area contributed by atoms with Crippen LogP contribution < -0.4 is 0 Å². The summed E-state index contributed by atoms with van der Waals surface area (Å²) in [5, 5.41) is 0. The van der Waals surface area contributed by atoms with E-state index < -0.39 is 6.10 Å². The predicted molar refractivity (Wildman–Crippen MR) is 218 cm³/mol. The van der Waals surface area contributed by atoms with E-state index in [9.17, 15) is 14.4 Å². The Morgan fingerprint density at radius 1 is 0.442 bits per heavy atom. The molecular weight excluding hydrogens is 650 g/mol. The van der Waals surface area contributed by atoms with Crippen LogP contribution in [0, 0.1) is 0 Å². The molecular formula is C45H83NO6. The zero-order valence-corrected chi connectivity index (χ0v) is 34.6. The second-order valence-electron chi connectivity index (χ2n) is 15.1. The van der Waals surface area contributed by atoms with Crippen LogP contribution in [0.1, 0.15) is 206 Å². The van der Waals surface area contributed by atoms with Gasteiger partial charge in [0.2, 0.25) is 0 Å². The number of hydrogen-bond acceptors (Lipinski definition) is 7. The van der Waals surface area contributed by atoms with Crippen molar-refractivity contribution < 1.29 is 28.6 Å². The minimum absolute atomic E-state index is 0.0903. The van der Waals surface area contributed by atoms with Gasteiger partial charge in [0.05, 0.1) is 0 Å². The molecule has 0 heterocycles. The van der Waals surface area contributed by atoms with Crippen molar-refractivity contribution in [2.24, 2.45) is 0 Å². The van der Waals surface area contributed by atoms with Gasteiger partial charge in [-0.2, -0.15) is 0 Å². The fraction of sp³-hybridized carbons (Fsp3) is 0.844. The average molecular weight is 734 g/mol. The van der Waals surface area contributed by atoms with Gasteiger partial charge >= 0.3 is 17.9 Å². The molecule has 0 saturated heterocycles. The highest BCUT2D eigenvalue weighted by molar-refractivity contribution is 5.71. The van der Waals surface area contributed by atoms with Gasteiger partial charge in [0, 0.05) is 19.3 Å².